The maximum absolute atomic E-state index is 12.4. The molecule has 0 bridgehead atoms. The maximum atomic E-state index is 12.4. The molecule has 3 N–H and O–H groups in total. The summed E-state index contributed by atoms with van der Waals surface area (Å²) in [6.45, 7) is 8.11. The Balaban J connectivity index is 2.26. The smallest absolute Gasteiger partial charge is 0.272 e. The van der Waals surface area contributed by atoms with Crippen LogP contribution in [0.1, 0.15) is 41.5 Å². The van der Waals surface area contributed by atoms with E-state index in [0.29, 0.717) is 11.4 Å². The van der Waals surface area contributed by atoms with Gasteiger partial charge in [0.2, 0.25) is 0 Å². The normalized spacial score (nSPS) is 10.8. The van der Waals surface area contributed by atoms with Gasteiger partial charge in [-0.25, -0.2) is 0 Å². The van der Waals surface area contributed by atoms with E-state index in [4.69, 9.17) is 5.73 Å². The molecular weight excluding hydrogens is 250 g/mol. The van der Waals surface area contributed by atoms with E-state index in [1.165, 1.54) is 5.56 Å². The van der Waals surface area contributed by atoms with Crippen LogP contribution in [-0.2, 0) is 0 Å². The van der Waals surface area contributed by atoms with Crippen LogP contribution in [0.15, 0.2) is 30.5 Å². The fourth-order valence-electron chi connectivity index (χ4n) is 2.12. The minimum atomic E-state index is -0.140. The quantitative estimate of drug-likeness (QED) is 0.897. The number of rotatable bonds is 3. The number of hydrogen-bond acceptors (Lipinski definition) is 2. The number of aromatic nitrogens is 1. The summed E-state index contributed by atoms with van der Waals surface area (Å²) in [4.78, 5) is 12.4. The molecule has 1 aromatic carbocycles. The number of anilines is 2. The first-order valence-electron chi connectivity index (χ1n) is 6.74. The topological polar surface area (TPSA) is 60.1 Å². The fourth-order valence-corrected chi connectivity index (χ4v) is 2.12. The summed E-state index contributed by atoms with van der Waals surface area (Å²) in [6.07, 6.45) is 1.79. The van der Waals surface area contributed by atoms with Crippen molar-refractivity contribution in [3.05, 3.63) is 47.3 Å². The molecule has 0 atom stereocenters. The highest BCUT2D eigenvalue weighted by molar-refractivity contribution is 6.03. The lowest BCUT2D eigenvalue weighted by Gasteiger charge is -2.13. The van der Waals surface area contributed by atoms with Gasteiger partial charge in [0, 0.05) is 17.9 Å². The third kappa shape index (κ3) is 2.85. The molecule has 4 heteroatoms. The van der Waals surface area contributed by atoms with Crippen LogP contribution in [0.5, 0.6) is 0 Å². The first-order valence-corrected chi connectivity index (χ1v) is 6.74. The molecule has 0 fully saturated rings. The van der Waals surface area contributed by atoms with Crippen LogP contribution in [0.3, 0.4) is 0 Å². The highest BCUT2D eigenvalue weighted by atomic mass is 16.1. The Kier molecular flexibility index (Phi) is 3.84. The average molecular weight is 271 g/mol. The molecule has 4 nitrogen and oxygen atoms in total. The molecule has 1 heterocycles. The number of aryl methyl sites for hydroxylation is 2. The van der Waals surface area contributed by atoms with Gasteiger partial charge in [-0.1, -0.05) is 6.07 Å². The number of amides is 1. The molecule has 0 spiro atoms. The van der Waals surface area contributed by atoms with Gasteiger partial charge in [-0.2, -0.15) is 0 Å². The molecule has 20 heavy (non-hydrogen) atoms. The van der Waals surface area contributed by atoms with E-state index >= 15 is 0 Å². The number of nitrogen functional groups attached to an aromatic ring is 1. The average Bonchev–Trinajstić information content (AvgIpc) is 2.76. The Morgan fingerprint density at radius 2 is 1.90 bits per heavy atom. The van der Waals surface area contributed by atoms with Gasteiger partial charge in [0.15, 0.2) is 0 Å². The lowest BCUT2D eigenvalue weighted by molar-refractivity contribution is 0.101. The monoisotopic (exact) mass is 271 g/mol. The number of hydrogen-bond donors (Lipinski definition) is 2. The number of nitrogens with two attached hydrogens (primary N) is 1. The zero-order valence-electron chi connectivity index (χ0n) is 12.4. The van der Waals surface area contributed by atoms with E-state index in [2.05, 4.69) is 5.32 Å². The predicted molar refractivity (Wildman–Crippen MR) is 83.1 cm³/mol. The highest BCUT2D eigenvalue weighted by Crippen LogP contribution is 2.19. The van der Waals surface area contributed by atoms with Crippen LogP contribution in [0, 0.1) is 13.8 Å². The van der Waals surface area contributed by atoms with Crippen molar-refractivity contribution in [2.24, 2.45) is 0 Å². The molecule has 0 aliphatic heterocycles. The van der Waals surface area contributed by atoms with Crippen molar-refractivity contribution >= 4 is 17.3 Å². The predicted octanol–water partition coefficient (Wildman–Crippen LogP) is 3.52. The number of benzene rings is 1. The molecule has 0 unspecified atom stereocenters. The van der Waals surface area contributed by atoms with Crippen LogP contribution >= 0.6 is 0 Å². The zero-order valence-corrected chi connectivity index (χ0v) is 12.4. The van der Waals surface area contributed by atoms with Crippen LogP contribution in [0.4, 0.5) is 11.4 Å². The van der Waals surface area contributed by atoms with Gasteiger partial charge in [-0.3, -0.25) is 4.79 Å². The van der Waals surface area contributed by atoms with Gasteiger partial charge in [0.05, 0.1) is 5.69 Å². The van der Waals surface area contributed by atoms with Crippen molar-refractivity contribution in [1.29, 1.82) is 0 Å². The molecular formula is C16H21N3O. The van der Waals surface area contributed by atoms with Gasteiger partial charge in [-0.05, 0) is 57.0 Å². The van der Waals surface area contributed by atoms with Crippen molar-refractivity contribution < 1.29 is 4.79 Å². The van der Waals surface area contributed by atoms with E-state index < -0.39 is 0 Å². The Morgan fingerprint density at radius 1 is 1.20 bits per heavy atom. The Hall–Kier alpha value is -2.23. The minimum Gasteiger partial charge on any atom is -0.397 e. The summed E-state index contributed by atoms with van der Waals surface area (Å²) in [5, 5.41) is 2.92. The summed E-state index contributed by atoms with van der Waals surface area (Å²) in [7, 11) is 0. The lowest BCUT2D eigenvalue weighted by atomic mass is 10.1. The first kappa shape index (κ1) is 14.2. The second-order valence-electron chi connectivity index (χ2n) is 5.41. The third-order valence-corrected chi connectivity index (χ3v) is 3.42. The molecule has 1 aromatic heterocycles. The highest BCUT2D eigenvalue weighted by Gasteiger charge is 2.15. The number of nitrogens with one attached hydrogen (secondary N) is 1. The first-order chi connectivity index (χ1) is 9.38. The van der Waals surface area contributed by atoms with Gasteiger partial charge in [0.1, 0.15) is 5.69 Å². The standard InChI is InChI=1S/C16H21N3O/c1-10(2)19-9-13(17)8-15(19)16(20)18-14-6-5-11(3)12(4)7-14/h5-10H,17H2,1-4H3,(H,18,20). The summed E-state index contributed by atoms with van der Waals surface area (Å²) in [5.41, 5.74) is 10.1. The summed E-state index contributed by atoms with van der Waals surface area (Å²) < 4.78 is 1.88. The molecule has 1 amide bonds. The van der Waals surface area contributed by atoms with Gasteiger partial charge in [-0.15, -0.1) is 0 Å². The van der Waals surface area contributed by atoms with Crippen molar-refractivity contribution in [3.63, 3.8) is 0 Å². The molecule has 106 valence electrons. The molecule has 0 saturated carbocycles. The van der Waals surface area contributed by atoms with Crippen LogP contribution in [0.2, 0.25) is 0 Å². The van der Waals surface area contributed by atoms with Gasteiger partial charge >= 0.3 is 0 Å². The second-order valence-corrected chi connectivity index (χ2v) is 5.41. The van der Waals surface area contributed by atoms with Gasteiger partial charge < -0.3 is 15.6 Å². The number of carbonyl (C=O) groups is 1. The summed E-state index contributed by atoms with van der Waals surface area (Å²) in [5.74, 6) is -0.140. The van der Waals surface area contributed by atoms with Crippen LogP contribution in [0.25, 0.3) is 0 Å². The van der Waals surface area contributed by atoms with Crippen molar-refractivity contribution in [1.82, 2.24) is 4.57 Å². The van der Waals surface area contributed by atoms with E-state index in [1.54, 1.807) is 12.3 Å². The van der Waals surface area contributed by atoms with E-state index in [-0.39, 0.29) is 11.9 Å². The fraction of sp³-hybridized carbons (Fsp3) is 0.312. The summed E-state index contributed by atoms with van der Waals surface area (Å²) >= 11 is 0. The van der Waals surface area contributed by atoms with Gasteiger partial charge in [0.25, 0.3) is 5.91 Å². The molecule has 2 aromatic rings. The van der Waals surface area contributed by atoms with Crippen molar-refractivity contribution in [2.75, 3.05) is 11.1 Å². The van der Waals surface area contributed by atoms with Crippen LogP contribution < -0.4 is 11.1 Å². The SMILES string of the molecule is Cc1ccc(NC(=O)c2cc(N)cn2C(C)C)cc1C. The molecule has 0 aliphatic rings. The molecule has 0 saturated heterocycles. The Morgan fingerprint density at radius 3 is 2.50 bits per heavy atom. The maximum Gasteiger partial charge on any atom is 0.272 e. The molecule has 0 aliphatic carbocycles. The second kappa shape index (κ2) is 5.41. The van der Waals surface area contributed by atoms with E-state index in [0.717, 1.165) is 11.3 Å². The minimum absolute atomic E-state index is 0.140. The number of carbonyl (C=O) groups excluding carboxylic acids is 1. The van der Waals surface area contributed by atoms with Crippen LogP contribution in [-0.4, -0.2) is 10.5 Å². The van der Waals surface area contributed by atoms with E-state index in [9.17, 15) is 4.79 Å². The van der Waals surface area contributed by atoms with E-state index in [1.807, 2.05) is 50.5 Å². The number of nitrogens with zero attached hydrogens (tertiary/aromatic N) is 1. The third-order valence-electron chi connectivity index (χ3n) is 3.42. The van der Waals surface area contributed by atoms with Crippen molar-refractivity contribution in [2.45, 2.75) is 33.7 Å². The lowest BCUT2D eigenvalue weighted by Crippen LogP contribution is -2.17. The zero-order chi connectivity index (χ0) is 14.9. The molecule has 0 radical (unpaired) electrons. The Labute approximate surface area is 119 Å². The summed E-state index contributed by atoms with van der Waals surface area (Å²) in [6, 6.07) is 7.77. The molecule has 2 rings (SSSR count). The Bertz CT molecular complexity index is 641. The largest absolute Gasteiger partial charge is 0.397 e. The van der Waals surface area contributed by atoms with Crippen molar-refractivity contribution in [3.8, 4) is 0 Å².